The molecule has 0 amide bonds. The van der Waals surface area contributed by atoms with Crippen LogP contribution in [0.15, 0.2) is 51.7 Å². The highest BCUT2D eigenvalue weighted by atomic mass is 16.2. The molecule has 1 aromatic heterocycles. The van der Waals surface area contributed by atoms with E-state index < -0.39 is 5.69 Å². The molecule has 0 aromatic carbocycles. The molecule has 0 unspecified atom stereocenters. The van der Waals surface area contributed by atoms with E-state index >= 15 is 0 Å². The third kappa shape index (κ3) is 5.83. The Morgan fingerprint density at radius 3 is 2.38 bits per heavy atom. The third-order valence-electron chi connectivity index (χ3n) is 2.89. The molecular weight excluding hydrogens is 302 g/mol. The van der Waals surface area contributed by atoms with Gasteiger partial charge < -0.3 is 4.98 Å². The van der Waals surface area contributed by atoms with Crippen LogP contribution >= 0.6 is 0 Å². The maximum absolute atomic E-state index is 12.5. The topological polar surface area (TPSA) is 67.2 Å². The molecule has 0 aliphatic rings. The second-order valence-corrected chi connectivity index (χ2v) is 4.44. The number of aliphatic imine (C=N–C) groups is 1. The Balaban J connectivity index is 0.00000254. The Morgan fingerprint density at radius 1 is 1.21 bits per heavy atom. The van der Waals surface area contributed by atoms with Crippen molar-refractivity contribution in [1.82, 2.24) is 9.55 Å². The number of hydrogen-bond acceptors (Lipinski definition) is 3. The fraction of sp³-hybridized carbons (Fsp3) is 0.316. The number of nitrogens with zero attached hydrogens (tertiary/aromatic N) is 2. The van der Waals surface area contributed by atoms with Gasteiger partial charge in [0, 0.05) is 6.20 Å². The Bertz CT molecular complexity index is 850. The molecule has 1 aromatic rings. The zero-order valence-electron chi connectivity index (χ0n) is 15.2. The number of hydrogen-bond donors (Lipinski definition) is 1. The lowest BCUT2D eigenvalue weighted by atomic mass is 10.3. The summed E-state index contributed by atoms with van der Waals surface area (Å²) in [5, 5.41) is 0.895. The predicted octanol–water partition coefficient (Wildman–Crippen LogP) is 1.88. The smallest absolute Gasteiger partial charge is 0.307 e. The van der Waals surface area contributed by atoms with E-state index in [9.17, 15) is 9.59 Å². The summed E-state index contributed by atoms with van der Waals surface area (Å²) in [6.07, 6.45) is 11.8. The fourth-order valence-corrected chi connectivity index (χ4v) is 1.91. The molecule has 0 aliphatic heterocycles. The maximum atomic E-state index is 12.5. The summed E-state index contributed by atoms with van der Waals surface area (Å²) in [5.41, 5.74) is -0.211. The van der Waals surface area contributed by atoms with Crippen LogP contribution in [0, 0.1) is 0 Å². The monoisotopic (exact) mass is 329 g/mol. The van der Waals surface area contributed by atoms with Gasteiger partial charge >= 0.3 is 5.69 Å². The minimum atomic E-state index is -0.461. The van der Waals surface area contributed by atoms with Crippen molar-refractivity contribution in [2.75, 3.05) is 0 Å². The Kier molecular flexibility index (Phi) is 10.5. The highest BCUT2D eigenvalue weighted by molar-refractivity contribution is 5.95. The minimum absolute atomic E-state index is 0.102. The Labute approximate surface area is 142 Å². The van der Waals surface area contributed by atoms with E-state index in [0.717, 1.165) is 4.57 Å². The first-order valence-corrected chi connectivity index (χ1v) is 8.01. The van der Waals surface area contributed by atoms with Crippen molar-refractivity contribution >= 4 is 17.9 Å². The molecule has 130 valence electrons. The Hall–Kier alpha value is -2.69. The molecule has 0 aliphatic carbocycles. The van der Waals surface area contributed by atoms with Crippen LogP contribution in [0.1, 0.15) is 34.6 Å². The maximum Gasteiger partial charge on any atom is 0.329 e. The summed E-state index contributed by atoms with van der Waals surface area (Å²) >= 11 is 0. The molecular formula is C19H27N3O2. The summed E-state index contributed by atoms with van der Waals surface area (Å²) in [6, 6.07) is 0. The van der Waals surface area contributed by atoms with Gasteiger partial charge in [0.25, 0.3) is 5.56 Å². The molecule has 0 fully saturated rings. The largest absolute Gasteiger partial charge is 0.329 e. The minimum Gasteiger partial charge on any atom is -0.307 e. The summed E-state index contributed by atoms with van der Waals surface area (Å²) in [6.45, 7) is 13.2. The van der Waals surface area contributed by atoms with Crippen LogP contribution in [0.2, 0.25) is 0 Å². The molecule has 5 heteroatoms. The van der Waals surface area contributed by atoms with Gasteiger partial charge in [-0.3, -0.25) is 14.4 Å². The molecule has 1 heterocycles. The van der Waals surface area contributed by atoms with Gasteiger partial charge in [-0.05, 0) is 32.9 Å². The van der Waals surface area contributed by atoms with Crippen LogP contribution in [0.3, 0.4) is 0 Å². The molecule has 1 N–H and O–H groups in total. The SMILES string of the molecule is C=C/C=c1/c(=O)n(CC(/C=C\C)=N/C=C\C)c(=O)[nH]/c1=C/C.CC. The third-order valence-corrected chi connectivity index (χ3v) is 2.89. The van der Waals surface area contributed by atoms with Crippen molar-refractivity contribution in [2.45, 2.75) is 41.2 Å². The van der Waals surface area contributed by atoms with E-state index in [4.69, 9.17) is 0 Å². The highest BCUT2D eigenvalue weighted by Crippen LogP contribution is 1.88. The molecule has 0 saturated carbocycles. The van der Waals surface area contributed by atoms with Crippen LogP contribution in [-0.2, 0) is 6.54 Å². The van der Waals surface area contributed by atoms with Gasteiger partial charge in [0.1, 0.15) is 0 Å². The van der Waals surface area contributed by atoms with E-state index in [2.05, 4.69) is 16.6 Å². The lowest BCUT2D eigenvalue weighted by Crippen LogP contribution is -2.54. The van der Waals surface area contributed by atoms with E-state index in [-0.39, 0.29) is 12.1 Å². The van der Waals surface area contributed by atoms with E-state index in [1.807, 2.05) is 33.8 Å². The van der Waals surface area contributed by atoms with Gasteiger partial charge in [0.15, 0.2) is 0 Å². The molecule has 0 radical (unpaired) electrons. The molecule has 1 rings (SSSR count). The van der Waals surface area contributed by atoms with Gasteiger partial charge in [-0.2, -0.15) is 0 Å². The van der Waals surface area contributed by atoms with E-state index in [1.54, 1.807) is 37.4 Å². The molecule has 5 nitrogen and oxygen atoms in total. The molecule has 0 spiro atoms. The molecule has 0 bridgehead atoms. The number of rotatable bonds is 5. The van der Waals surface area contributed by atoms with Crippen LogP contribution < -0.4 is 21.8 Å². The van der Waals surface area contributed by atoms with E-state index in [1.165, 1.54) is 6.08 Å². The van der Waals surface area contributed by atoms with Crippen LogP contribution in [-0.4, -0.2) is 15.3 Å². The van der Waals surface area contributed by atoms with Crippen molar-refractivity contribution < 1.29 is 0 Å². The van der Waals surface area contributed by atoms with Crippen molar-refractivity contribution in [3.8, 4) is 0 Å². The van der Waals surface area contributed by atoms with E-state index in [0.29, 0.717) is 16.3 Å². The molecule has 24 heavy (non-hydrogen) atoms. The zero-order chi connectivity index (χ0) is 18.5. The summed E-state index contributed by atoms with van der Waals surface area (Å²) in [5.74, 6) is 0. The van der Waals surface area contributed by atoms with Crippen molar-refractivity contribution in [3.63, 3.8) is 0 Å². The lowest BCUT2D eigenvalue weighted by molar-refractivity contribution is 0.720. The number of allylic oxidation sites excluding steroid dienone is 4. The average molecular weight is 329 g/mol. The van der Waals surface area contributed by atoms with Gasteiger partial charge in [0.2, 0.25) is 0 Å². The first-order chi connectivity index (χ1) is 11.6. The average Bonchev–Trinajstić information content (AvgIpc) is 2.60. The number of H-pyrrole nitrogens is 1. The summed E-state index contributed by atoms with van der Waals surface area (Å²) in [7, 11) is 0. The van der Waals surface area contributed by atoms with Crippen molar-refractivity contribution in [2.24, 2.45) is 4.99 Å². The number of aromatic nitrogens is 2. The van der Waals surface area contributed by atoms with Gasteiger partial charge in [-0.1, -0.05) is 44.7 Å². The standard InChI is InChI=1S/C17H21N3O2.C2H6/c1-5-9-13(18-11-7-3)12-20-16(21)14(10-6-2)15(8-4)19-17(20)22;1-2/h5-11H,2,12H2,1,3-4H3,(H,19,22);1-2H3/b9-5-,11-7-,14-10+,15-8+,18-13+;. The van der Waals surface area contributed by atoms with Crippen LogP contribution in [0.25, 0.3) is 12.2 Å². The predicted molar refractivity (Wildman–Crippen MR) is 104 cm³/mol. The number of aromatic amines is 1. The van der Waals surface area contributed by atoms with Gasteiger partial charge in [-0.15, -0.1) is 0 Å². The zero-order valence-corrected chi connectivity index (χ0v) is 15.2. The van der Waals surface area contributed by atoms with Crippen LogP contribution in [0.5, 0.6) is 0 Å². The van der Waals surface area contributed by atoms with Crippen molar-refractivity contribution in [1.29, 1.82) is 0 Å². The number of nitrogens with one attached hydrogen (secondary N) is 1. The van der Waals surface area contributed by atoms with Crippen LogP contribution in [0.4, 0.5) is 0 Å². The Morgan fingerprint density at radius 2 is 1.88 bits per heavy atom. The first kappa shape index (κ1) is 21.3. The lowest BCUT2D eigenvalue weighted by Gasteiger charge is -2.04. The normalized spacial score (nSPS) is 13.5. The second kappa shape index (κ2) is 11.8. The molecule has 0 atom stereocenters. The van der Waals surface area contributed by atoms with Gasteiger partial charge in [0.05, 0.1) is 22.8 Å². The fourth-order valence-electron chi connectivity index (χ4n) is 1.91. The van der Waals surface area contributed by atoms with Crippen molar-refractivity contribution in [3.05, 3.63) is 68.5 Å². The first-order valence-electron chi connectivity index (χ1n) is 8.01. The molecule has 0 saturated heterocycles. The second-order valence-electron chi connectivity index (χ2n) is 4.44. The van der Waals surface area contributed by atoms with Gasteiger partial charge in [-0.25, -0.2) is 4.79 Å². The summed E-state index contributed by atoms with van der Waals surface area (Å²) in [4.78, 5) is 31.6. The quantitative estimate of drug-likeness (QED) is 0.838. The summed E-state index contributed by atoms with van der Waals surface area (Å²) < 4.78 is 1.13. The highest BCUT2D eigenvalue weighted by Gasteiger charge is 2.06.